The summed E-state index contributed by atoms with van der Waals surface area (Å²) in [7, 11) is 0. The molecule has 0 aliphatic rings. The first-order valence-electron chi connectivity index (χ1n) is 5.83. The molecule has 0 radical (unpaired) electrons. The first kappa shape index (κ1) is 14.5. The average molecular weight is 214 g/mol. The van der Waals surface area contributed by atoms with Gasteiger partial charge in [0.25, 0.3) is 0 Å². The number of hydrogen-bond acceptors (Lipinski definition) is 1. The third kappa shape index (κ3) is 5.19. The zero-order valence-electron chi connectivity index (χ0n) is 11.1. The lowest BCUT2D eigenvalue weighted by atomic mass is 9.70. The highest BCUT2D eigenvalue weighted by molar-refractivity contribution is 5.70. The van der Waals surface area contributed by atoms with E-state index in [9.17, 15) is 9.90 Å². The molecule has 15 heavy (non-hydrogen) atoms. The molecule has 0 saturated carbocycles. The van der Waals surface area contributed by atoms with Gasteiger partial charge in [-0.15, -0.1) is 0 Å². The Labute approximate surface area is 94.1 Å². The molecule has 2 nitrogen and oxygen atoms in total. The first-order chi connectivity index (χ1) is 6.60. The molecular formula is C13H26O2. The summed E-state index contributed by atoms with van der Waals surface area (Å²) in [5, 5.41) is 9.24. The number of carboxylic acid groups (broad SMARTS) is 1. The van der Waals surface area contributed by atoms with Crippen LogP contribution in [0.4, 0.5) is 0 Å². The van der Waals surface area contributed by atoms with E-state index in [1.165, 1.54) is 0 Å². The standard InChI is InChI=1S/C13H26O2/c1-7-8-13(5,6)9-10(11(14)15)12(2,3)4/h10H,7-9H2,1-6H3,(H,14,15). The Kier molecular flexibility index (Phi) is 4.82. The molecule has 0 spiro atoms. The molecule has 0 bridgehead atoms. The van der Waals surface area contributed by atoms with Gasteiger partial charge in [-0.3, -0.25) is 4.79 Å². The van der Waals surface area contributed by atoms with E-state index in [1.807, 2.05) is 20.8 Å². The highest BCUT2D eigenvalue weighted by atomic mass is 16.4. The van der Waals surface area contributed by atoms with Crippen molar-refractivity contribution in [1.82, 2.24) is 0 Å². The second-order valence-corrected chi connectivity index (χ2v) is 6.38. The van der Waals surface area contributed by atoms with Crippen molar-refractivity contribution in [2.24, 2.45) is 16.7 Å². The van der Waals surface area contributed by atoms with E-state index in [-0.39, 0.29) is 16.7 Å². The van der Waals surface area contributed by atoms with Crippen molar-refractivity contribution in [3.8, 4) is 0 Å². The predicted molar refractivity (Wildman–Crippen MR) is 63.9 cm³/mol. The predicted octanol–water partition coefficient (Wildman–Crippen LogP) is 3.95. The van der Waals surface area contributed by atoms with Crippen LogP contribution in [0.5, 0.6) is 0 Å². The van der Waals surface area contributed by atoms with Gasteiger partial charge in [-0.05, 0) is 23.7 Å². The Hall–Kier alpha value is -0.530. The van der Waals surface area contributed by atoms with E-state index >= 15 is 0 Å². The maximum atomic E-state index is 11.2. The summed E-state index contributed by atoms with van der Waals surface area (Å²) < 4.78 is 0. The normalized spacial score (nSPS) is 15.1. The fourth-order valence-electron chi connectivity index (χ4n) is 2.10. The summed E-state index contributed by atoms with van der Waals surface area (Å²) in [4.78, 5) is 11.2. The van der Waals surface area contributed by atoms with Gasteiger partial charge in [0.05, 0.1) is 5.92 Å². The Balaban J connectivity index is 4.63. The van der Waals surface area contributed by atoms with Crippen molar-refractivity contribution in [3.63, 3.8) is 0 Å². The van der Waals surface area contributed by atoms with Crippen molar-refractivity contribution < 1.29 is 9.90 Å². The van der Waals surface area contributed by atoms with E-state index in [2.05, 4.69) is 20.8 Å². The van der Waals surface area contributed by atoms with Crippen molar-refractivity contribution in [2.75, 3.05) is 0 Å². The zero-order valence-corrected chi connectivity index (χ0v) is 11.1. The SMILES string of the molecule is CCCC(C)(C)CC(C(=O)O)C(C)(C)C. The van der Waals surface area contributed by atoms with Crippen LogP contribution in [0.15, 0.2) is 0 Å². The lowest BCUT2D eigenvalue weighted by molar-refractivity contribution is -0.147. The van der Waals surface area contributed by atoms with E-state index in [4.69, 9.17) is 0 Å². The molecule has 0 amide bonds. The molecule has 1 N–H and O–H groups in total. The molecule has 2 heteroatoms. The zero-order chi connectivity index (χ0) is 12.3. The molecule has 1 atom stereocenters. The van der Waals surface area contributed by atoms with Gasteiger partial charge in [0.1, 0.15) is 0 Å². The van der Waals surface area contributed by atoms with E-state index in [0.29, 0.717) is 0 Å². The van der Waals surface area contributed by atoms with Crippen molar-refractivity contribution >= 4 is 5.97 Å². The quantitative estimate of drug-likeness (QED) is 0.752. The summed E-state index contributed by atoms with van der Waals surface area (Å²) in [5.74, 6) is -0.911. The average Bonchev–Trinajstić information content (AvgIpc) is 1.97. The second kappa shape index (κ2) is 5.00. The minimum atomic E-state index is -0.660. The molecule has 0 aromatic rings. The van der Waals surface area contributed by atoms with Gasteiger partial charge >= 0.3 is 5.97 Å². The number of rotatable bonds is 5. The third-order valence-electron chi connectivity index (χ3n) is 3.03. The highest BCUT2D eigenvalue weighted by Gasteiger charge is 2.35. The number of carboxylic acids is 1. The Morgan fingerprint density at radius 2 is 1.67 bits per heavy atom. The summed E-state index contributed by atoms with van der Waals surface area (Å²) in [5.41, 5.74) is -0.0259. The Morgan fingerprint density at radius 1 is 1.20 bits per heavy atom. The molecule has 0 fully saturated rings. The maximum Gasteiger partial charge on any atom is 0.307 e. The van der Waals surface area contributed by atoms with Crippen LogP contribution in [-0.4, -0.2) is 11.1 Å². The topological polar surface area (TPSA) is 37.3 Å². The molecule has 0 saturated heterocycles. The molecule has 0 aliphatic carbocycles. The summed E-state index contributed by atoms with van der Waals surface area (Å²) in [6.07, 6.45) is 2.97. The van der Waals surface area contributed by atoms with Gasteiger partial charge in [0.15, 0.2) is 0 Å². The third-order valence-corrected chi connectivity index (χ3v) is 3.03. The van der Waals surface area contributed by atoms with Gasteiger partial charge in [0, 0.05) is 0 Å². The van der Waals surface area contributed by atoms with Gasteiger partial charge in [-0.2, -0.15) is 0 Å². The summed E-state index contributed by atoms with van der Waals surface area (Å²) in [6.45, 7) is 12.5. The van der Waals surface area contributed by atoms with Gasteiger partial charge in [-0.25, -0.2) is 0 Å². The molecule has 0 aromatic carbocycles. The molecule has 0 rings (SSSR count). The van der Waals surface area contributed by atoms with Crippen LogP contribution in [0.25, 0.3) is 0 Å². The maximum absolute atomic E-state index is 11.2. The van der Waals surface area contributed by atoms with Gasteiger partial charge in [0.2, 0.25) is 0 Å². The lowest BCUT2D eigenvalue weighted by Gasteiger charge is -2.34. The van der Waals surface area contributed by atoms with Gasteiger partial charge < -0.3 is 5.11 Å². The van der Waals surface area contributed by atoms with E-state index < -0.39 is 5.97 Å². The molecular weight excluding hydrogens is 188 g/mol. The molecule has 1 unspecified atom stereocenters. The highest BCUT2D eigenvalue weighted by Crippen LogP contribution is 2.38. The Morgan fingerprint density at radius 3 is 1.93 bits per heavy atom. The van der Waals surface area contributed by atoms with Crippen LogP contribution in [0.1, 0.15) is 60.8 Å². The van der Waals surface area contributed by atoms with Crippen LogP contribution >= 0.6 is 0 Å². The van der Waals surface area contributed by atoms with E-state index in [0.717, 1.165) is 19.3 Å². The van der Waals surface area contributed by atoms with Gasteiger partial charge in [-0.1, -0.05) is 48.0 Å². The lowest BCUT2D eigenvalue weighted by Crippen LogP contribution is -2.33. The van der Waals surface area contributed by atoms with Crippen LogP contribution in [-0.2, 0) is 4.79 Å². The van der Waals surface area contributed by atoms with Crippen LogP contribution < -0.4 is 0 Å². The van der Waals surface area contributed by atoms with Crippen LogP contribution in [0, 0.1) is 16.7 Å². The van der Waals surface area contributed by atoms with Crippen molar-refractivity contribution in [1.29, 1.82) is 0 Å². The number of carbonyl (C=O) groups is 1. The summed E-state index contributed by atoms with van der Waals surface area (Å²) >= 11 is 0. The smallest absolute Gasteiger partial charge is 0.307 e. The monoisotopic (exact) mass is 214 g/mol. The number of hydrogen-bond donors (Lipinski definition) is 1. The van der Waals surface area contributed by atoms with Crippen molar-refractivity contribution in [2.45, 2.75) is 60.8 Å². The Bertz CT molecular complexity index is 211. The number of aliphatic carboxylic acids is 1. The second-order valence-electron chi connectivity index (χ2n) is 6.38. The molecule has 0 heterocycles. The molecule has 0 aliphatic heterocycles. The first-order valence-corrected chi connectivity index (χ1v) is 5.83. The fraction of sp³-hybridized carbons (Fsp3) is 0.923. The molecule has 0 aromatic heterocycles. The van der Waals surface area contributed by atoms with E-state index in [1.54, 1.807) is 0 Å². The van der Waals surface area contributed by atoms with Crippen LogP contribution in [0.2, 0.25) is 0 Å². The fourth-order valence-corrected chi connectivity index (χ4v) is 2.10. The minimum absolute atomic E-state index is 0.130. The minimum Gasteiger partial charge on any atom is -0.481 e. The summed E-state index contributed by atoms with van der Waals surface area (Å²) in [6, 6.07) is 0. The largest absolute Gasteiger partial charge is 0.481 e. The van der Waals surface area contributed by atoms with Crippen molar-refractivity contribution in [3.05, 3.63) is 0 Å². The van der Waals surface area contributed by atoms with Crippen LogP contribution in [0.3, 0.4) is 0 Å². The molecule has 90 valence electrons.